The maximum atomic E-state index is 12.1. The maximum absolute atomic E-state index is 12.1. The SMILES string of the molecule is CC(Cc1ccc(NC(=S)NCCOCCOCCOCCOCCNC(=S)Nc2ccc(CC3CN(CC(=O)O)CCN(CC(=O)O)CCN(CC(=O)O)CCN3CC(=O)O)cc2)cc1)N(CCN(CCN(CCNCC(=O)O)CC(=O)O)CC(=O)O)CC(=O)O. The number of thiocarbonyl (C=S) groups is 2. The summed E-state index contributed by atoms with van der Waals surface area (Å²) in [6.07, 6.45) is 0.823. The topological polar surface area (TPSA) is 418 Å². The normalized spacial score (nSPS) is 15.1. The summed E-state index contributed by atoms with van der Waals surface area (Å²) in [6, 6.07) is 14.1. The maximum Gasteiger partial charge on any atom is 0.317 e. The van der Waals surface area contributed by atoms with Gasteiger partial charge in [-0.1, -0.05) is 24.3 Å². The molecule has 516 valence electrons. The van der Waals surface area contributed by atoms with Crippen molar-refractivity contribution in [3.8, 4) is 0 Å². The fourth-order valence-electron chi connectivity index (χ4n) is 9.67. The first-order valence-electron chi connectivity index (χ1n) is 30.1. The molecule has 0 saturated carbocycles. The van der Waals surface area contributed by atoms with Crippen LogP contribution in [0.25, 0.3) is 0 Å². The van der Waals surface area contributed by atoms with Crippen LogP contribution in [0.2, 0.25) is 0 Å². The summed E-state index contributed by atoms with van der Waals surface area (Å²) in [5.41, 5.74) is 3.17. The number of anilines is 2. The molecule has 0 aromatic heterocycles. The van der Waals surface area contributed by atoms with Crippen molar-refractivity contribution in [2.24, 2.45) is 0 Å². The molecule has 32 nitrogen and oxygen atoms in total. The van der Waals surface area contributed by atoms with Gasteiger partial charge in [-0.05, 0) is 79.6 Å². The van der Waals surface area contributed by atoms with Crippen molar-refractivity contribution < 1.29 is 98.2 Å². The minimum atomic E-state index is -1.10. The van der Waals surface area contributed by atoms with Gasteiger partial charge in [-0.3, -0.25) is 72.7 Å². The summed E-state index contributed by atoms with van der Waals surface area (Å²) < 4.78 is 22.5. The van der Waals surface area contributed by atoms with E-state index in [-0.39, 0.29) is 143 Å². The summed E-state index contributed by atoms with van der Waals surface area (Å²) in [6.45, 7) is 5.61. The molecule has 0 bridgehead atoms. The van der Waals surface area contributed by atoms with Crippen molar-refractivity contribution in [3.05, 3.63) is 59.7 Å². The van der Waals surface area contributed by atoms with Gasteiger partial charge < -0.3 is 86.4 Å². The molecule has 2 atom stereocenters. The van der Waals surface area contributed by atoms with Crippen molar-refractivity contribution in [1.29, 1.82) is 0 Å². The highest BCUT2D eigenvalue weighted by Crippen LogP contribution is 2.18. The van der Waals surface area contributed by atoms with Gasteiger partial charge in [0, 0.05) is 122 Å². The van der Waals surface area contributed by atoms with E-state index >= 15 is 0 Å². The lowest BCUT2D eigenvalue weighted by Gasteiger charge is -2.37. The van der Waals surface area contributed by atoms with Gasteiger partial charge in [0.25, 0.3) is 0 Å². The van der Waals surface area contributed by atoms with Gasteiger partial charge in [-0.15, -0.1) is 0 Å². The molecule has 1 aliphatic rings. The molecule has 0 amide bonds. The average Bonchev–Trinajstić information content (AvgIpc) is 1.54. The Morgan fingerprint density at radius 3 is 1.33 bits per heavy atom. The summed E-state index contributed by atoms with van der Waals surface area (Å²) in [5, 5.41) is 92.1. The van der Waals surface area contributed by atoms with Crippen molar-refractivity contribution in [1.82, 2.24) is 50.2 Å². The molecule has 2 unspecified atom stereocenters. The van der Waals surface area contributed by atoms with E-state index in [0.29, 0.717) is 94.7 Å². The van der Waals surface area contributed by atoms with Crippen molar-refractivity contribution in [2.45, 2.75) is 31.8 Å². The highest BCUT2D eigenvalue weighted by molar-refractivity contribution is 7.80. The van der Waals surface area contributed by atoms with E-state index in [4.69, 9.17) is 48.5 Å². The van der Waals surface area contributed by atoms with E-state index in [1.807, 2.05) is 55.5 Å². The van der Waals surface area contributed by atoms with Crippen molar-refractivity contribution >= 4 is 93.8 Å². The molecule has 92 heavy (non-hydrogen) atoms. The molecular weight excluding hydrogens is 1250 g/mol. The second kappa shape index (κ2) is 46.2. The molecule has 1 fully saturated rings. The van der Waals surface area contributed by atoms with E-state index in [0.717, 1.165) is 16.8 Å². The predicted octanol–water partition coefficient (Wildman–Crippen LogP) is -1.74. The van der Waals surface area contributed by atoms with Gasteiger partial charge in [-0.2, -0.15) is 0 Å². The monoisotopic (exact) mass is 1340 g/mol. The Labute approximate surface area is 545 Å². The second-order valence-electron chi connectivity index (χ2n) is 21.6. The number of hydrogen-bond acceptors (Lipinski definition) is 22. The van der Waals surface area contributed by atoms with Crippen LogP contribution in [0.3, 0.4) is 0 Å². The van der Waals surface area contributed by atoms with Gasteiger partial charge in [0.05, 0.1) is 105 Å². The third-order valence-electron chi connectivity index (χ3n) is 14.2. The molecular formula is C58H92N12O20S2. The summed E-state index contributed by atoms with van der Waals surface area (Å²) >= 11 is 10.9. The second-order valence-corrected chi connectivity index (χ2v) is 22.4. The van der Waals surface area contributed by atoms with Crippen LogP contribution in [0.15, 0.2) is 48.5 Å². The zero-order valence-corrected chi connectivity index (χ0v) is 53.7. The van der Waals surface area contributed by atoms with Crippen LogP contribution in [0, 0.1) is 0 Å². The molecule has 1 aliphatic heterocycles. The summed E-state index contributed by atoms with van der Waals surface area (Å²) in [5.74, 6) is -8.61. The van der Waals surface area contributed by atoms with E-state index in [9.17, 15) is 74.1 Å². The molecule has 2 aromatic rings. The molecule has 0 aliphatic carbocycles. The van der Waals surface area contributed by atoms with E-state index in [2.05, 4.69) is 26.6 Å². The highest BCUT2D eigenvalue weighted by Gasteiger charge is 2.28. The number of carbonyl (C=O) groups is 8. The quantitative estimate of drug-likeness (QED) is 0.0258. The van der Waals surface area contributed by atoms with Gasteiger partial charge in [-0.25, -0.2) is 0 Å². The fraction of sp³-hybridized carbons (Fsp3) is 0.621. The van der Waals surface area contributed by atoms with Crippen molar-refractivity contribution in [3.63, 3.8) is 0 Å². The average molecular weight is 1340 g/mol. The first kappa shape index (κ1) is 79.3. The number of benzene rings is 2. The van der Waals surface area contributed by atoms with Gasteiger partial charge >= 0.3 is 47.8 Å². The number of hydrogen-bond donors (Lipinski definition) is 13. The number of carboxylic acids is 8. The number of ether oxygens (including phenoxy) is 4. The molecule has 34 heteroatoms. The molecule has 1 heterocycles. The lowest BCUT2D eigenvalue weighted by Crippen LogP contribution is -2.53. The Morgan fingerprint density at radius 2 is 0.880 bits per heavy atom. The first-order chi connectivity index (χ1) is 43.9. The molecule has 3 rings (SSSR count). The molecule has 0 spiro atoms. The van der Waals surface area contributed by atoms with Gasteiger partial charge in [0.1, 0.15) is 0 Å². The first-order valence-corrected chi connectivity index (χ1v) is 30.9. The van der Waals surface area contributed by atoms with Crippen LogP contribution in [0.4, 0.5) is 11.4 Å². The molecule has 13 N–H and O–H groups in total. The van der Waals surface area contributed by atoms with E-state index < -0.39 is 53.8 Å². The smallest absolute Gasteiger partial charge is 0.317 e. The number of aliphatic carboxylic acids is 8. The third-order valence-corrected chi connectivity index (χ3v) is 14.7. The van der Waals surface area contributed by atoms with Crippen LogP contribution in [-0.4, -0.2) is 349 Å². The number of rotatable bonds is 47. The Kier molecular flexibility index (Phi) is 39.9. The predicted molar refractivity (Wildman–Crippen MR) is 345 cm³/mol. The fourth-order valence-corrected chi connectivity index (χ4v) is 10.1. The zero-order valence-electron chi connectivity index (χ0n) is 52.0. The molecule has 0 radical (unpaired) electrons. The van der Waals surface area contributed by atoms with Crippen LogP contribution in [-0.2, 0) is 70.1 Å². The number of nitrogens with one attached hydrogen (secondary N) is 5. The minimum absolute atomic E-state index is 0.151. The number of carboxylic acid groups (broad SMARTS) is 8. The Bertz CT molecular complexity index is 2590. The number of nitrogens with zero attached hydrogens (tertiary/aromatic N) is 7. The van der Waals surface area contributed by atoms with Gasteiger partial charge in [0.15, 0.2) is 10.2 Å². The van der Waals surface area contributed by atoms with E-state index in [1.54, 1.807) is 34.3 Å². The zero-order chi connectivity index (χ0) is 67.6. The standard InChI is InChI=1S/C58H92N12O20S2/c1-43(69(41-55(83)84)22-20-66(38-52(77)78)15-14-64(36-50(73)74)13-10-59-34-49(71)72)32-44-2-6-46(7-3-44)62-57(91)60-11-24-87-26-28-89-30-31-90-29-27-88-25-12-61-58(92)63-47-8-4-45(5-9-47)33-48-35-68(40-54(81)82)19-18-65(37-51(75)76)16-17-67(39-53(79)80)21-23-70(48)42-56(85)86/h2-9,43,48,59H,10-42H2,1H3,(H,71,72)(H,73,74)(H,75,76)(H,77,78)(H,79,80)(H,81,82)(H,83,84)(H,85,86)(H2,60,62,91)(H2,61,63,92). The Balaban J connectivity index is 1.29. The lowest BCUT2D eigenvalue weighted by atomic mass is 10.0. The van der Waals surface area contributed by atoms with Crippen LogP contribution in [0.5, 0.6) is 0 Å². The summed E-state index contributed by atoms with van der Waals surface area (Å²) in [4.78, 5) is 105. The molecule has 1 saturated heterocycles. The largest absolute Gasteiger partial charge is 0.480 e. The lowest BCUT2D eigenvalue weighted by molar-refractivity contribution is -0.142. The van der Waals surface area contributed by atoms with Gasteiger partial charge in [0.2, 0.25) is 0 Å². The Morgan fingerprint density at radius 1 is 0.478 bits per heavy atom. The van der Waals surface area contributed by atoms with E-state index in [1.165, 1.54) is 0 Å². The Hall–Kier alpha value is -6.90. The molecule has 2 aromatic carbocycles. The van der Waals surface area contributed by atoms with Crippen molar-refractivity contribution in [2.75, 3.05) is 214 Å². The summed E-state index contributed by atoms with van der Waals surface area (Å²) in [7, 11) is 0. The van der Waals surface area contributed by atoms with Crippen LogP contribution >= 0.6 is 24.4 Å². The van der Waals surface area contributed by atoms with Crippen LogP contribution < -0.4 is 26.6 Å². The highest BCUT2D eigenvalue weighted by atomic mass is 32.1. The van der Waals surface area contributed by atoms with Crippen LogP contribution in [0.1, 0.15) is 18.1 Å². The third kappa shape index (κ3) is 38.8. The minimum Gasteiger partial charge on any atom is -0.480 e.